The Labute approximate surface area is 198 Å². The number of carbonyl (C=O) groups is 2. The lowest BCUT2D eigenvalue weighted by molar-refractivity contribution is -0.129. The largest absolute Gasteiger partial charge is 0.493 e. The van der Waals surface area contributed by atoms with Gasteiger partial charge < -0.3 is 34.1 Å². The summed E-state index contributed by atoms with van der Waals surface area (Å²) in [4.78, 5) is 28.5. The van der Waals surface area contributed by atoms with E-state index in [-0.39, 0.29) is 18.4 Å². The molecule has 1 saturated heterocycles. The third-order valence-electron chi connectivity index (χ3n) is 5.55. The fourth-order valence-electron chi connectivity index (χ4n) is 3.76. The number of nitrogens with zero attached hydrogens (tertiary/aromatic N) is 2. The Balaban J connectivity index is 1.31. The van der Waals surface area contributed by atoms with E-state index in [1.165, 1.54) is 11.0 Å². The highest BCUT2D eigenvalue weighted by Crippen LogP contribution is 2.40. The minimum atomic E-state index is -0.299. The number of likely N-dealkylation sites (N-methyl/N-ethyl adjacent to an activating group) is 1. The number of methoxy groups -OCH3 is 1. The van der Waals surface area contributed by atoms with Crippen molar-refractivity contribution >= 4 is 29.3 Å². The van der Waals surface area contributed by atoms with Crippen molar-refractivity contribution in [1.29, 1.82) is 0 Å². The SMILES string of the molecule is COc1cc(/C=C/C(=O)N(C)CC(=O)Nc2ccc(N3CCOCC3)cc2)cc2c1OCCO2. The summed E-state index contributed by atoms with van der Waals surface area (Å²) in [7, 11) is 3.13. The first-order valence-electron chi connectivity index (χ1n) is 11.2. The molecular weight excluding hydrogens is 438 g/mol. The molecule has 2 aromatic carbocycles. The molecule has 2 heterocycles. The number of hydrogen-bond acceptors (Lipinski definition) is 7. The average molecular weight is 468 g/mol. The molecule has 2 aliphatic rings. The zero-order chi connectivity index (χ0) is 23.9. The Morgan fingerprint density at radius 1 is 1.09 bits per heavy atom. The van der Waals surface area contributed by atoms with E-state index < -0.39 is 0 Å². The first-order chi connectivity index (χ1) is 16.5. The summed E-state index contributed by atoms with van der Waals surface area (Å²) in [6.07, 6.45) is 3.07. The van der Waals surface area contributed by atoms with Crippen molar-refractivity contribution in [3.8, 4) is 17.2 Å². The van der Waals surface area contributed by atoms with Crippen LogP contribution in [0.15, 0.2) is 42.5 Å². The smallest absolute Gasteiger partial charge is 0.246 e. The minimum absolute atomic E-state index is 0.0706. The van der Waals surface area contributed by atoms with Crippen LogP contribution in [0, 0.1) is 0 Å². The van der Waals surface area contributed by atoms with Crippen LogP contribution in [0.25, 0.3) is 6.08 Å². The Bertz CT molecular complexity index is 1030. The predicted octanol–water partition coefficient (Wildman–Crippen LogP) is 2.41. The number of rotatable bonds is 7. The second-order valence-electron chi connectivity index (χ2n) is 7.97. The maximum Gasteiger partial charge on any atom is 0.246 e. The van der Waals surface area contributed by atoms with Crippen molar-refractivity contribution in [2.24, 2.45) is 0 Å². The molecule has 1 N–H and O–H groups in total. The van der Waals surface area contributed by atoms with Crippen LogP contribution in [0.5, 0.6) is 17.2 Å². The number of morpholine rings is 1. The van der Waals surface area contributed by atoms with E-state index >= 15 is 0 Å². The topological polar surface area (TPSA) is 89.6 Å². The Morgan fingerprint density at radius 2 is 1.82 bits per heavy atom. The van der Waals surface area contributed by atoms with Gasteiger partial charge in [-0.1, -0.05) is 0 Å². The van der Waals surface area contributed by atoms with E-state index in [9.17, 15) is 9.59 Å². The molecule has 0 radical (unpaired) electrons. The number of fused-ring (bicyclic) bond motifs is 1. The van der Waals surface area contributed by atoms with Gasteiger partial charge in [0.05, 0.1) is 26.9 Å². The molecule has 2 amide bonds. The fraction of sp³-hybridized carbons (Fsp3) is 0.360. The molecule has 0 saturated carbocycles. The zero-order valence-corrected chi connectivity index (χ0v) is 19.4. The summed E-state index contributed by atoms with van der Waals surface area (Å²) in [6, 6.07) is 11.2. The second-order valence-corrected chi connectivity index (χ2v) is 7.97. The molecule has 0 unspecified atom stereocenters. The average Bonchev–Trinajstić information content (AvgIpc) is 2.87. The molecule has 9 nitrogen and oxygen atoms in total. The number of anilines is 2. The van der Waals surface area contributed by atoms with Gasteiger partial charge >= 0.3 is 0 Å². The van der Waals surface area contributed by atoms with Crippen molar-refractivity contribution in [2.45, 2.75) is 0 Å². The van der Waals surface area contributed by atoms with Gasteiger partial charge in [0, 0.05) is 37.6 Å². The molecule has 34 heavy (non-hydrogen) atoms. The van der Waals surface area contributed by atoms with Gasteiger partial charge in [-0.05, 0) is 48.0 Å². The summed E-state index contributed by atoms with van der Waals surface area (Å²) in [5, 5.41) is 2.83. The number of nitrogens with one attached hydrogen (secondary N) is 1. The van der Waals surface area contributed by atoms with Crippen LogP contribution in [0.3, 0.4) is 0 Å². The third-order valence-corrected chi connectivity index (χ3v) is 5.55. The maximum atomic E-state index is 12.5. The molecule has 180 valence electrons. The van der Waals surface area contributed by atoms with Crippen LogP contribution in [0.1, 0.15) is 5.56 Å². The van der Waals surface area contributed by atoms with E-state index in [2.05, 4.69) is 10.2 Å². The lowest BCUT2D eigenvalue weighted by atomic mass is 10.1. The lowest BCUT2D eigenvalue weighted by Crippen LogP contribution is -2.36. The molecule has 2 aromatic rings. The van der Waals surface area contributed by atoms with Crippen molar-refractivity contribution in [2.75, 3.05) is 70.4 Å². The van der Waals surface area contributed by atoms with Crippen LogP contribution in [-0.2, 0) is 14.3 Å². The van der Waals surface area contributed by atoms with Crippen LogP contribution in [0.2, 0.25) is 0 Å². The van der Waals surface area contributed by atoms with E-state index in [0.29, 0.717) is 36.1 Å². The zero-order valence-electron chi connectivity index (χ0n) is 19.4. The van der Waals surface area contributed by atoms with Gasteiger partial charge in [0.1, 0.15) is 13.2 Å². The van der Waals surface area contributed by atoms with Gasteiger partial charge in [0.2, 0.25) is 17.6 Å². The molecule has 0 spiro atoms. The molecule has 0 atom stereocenters. The highest BCUT2D eigenvalue weighted by Gasteiger charge is 2.18. The molecule has 0 bridgehead atoms. The van der Waals surface area contributed by atoms with Crippen LogP contribution in [0.4, 0.5) is 11.4 Å². The van der Waals surface area contributed by atoms with Gasteiger partial charge in [-0.2, -0.15) is 0 Å². The van der Waals surface area contributed by atoms with Gasteiger partial charge in [-0.3, -0.25) is 9.59 Å². The Kier molecular flexibility index (Phi) is 7.54. The molecule has 4 rings (SSSR count). The number of benzene rings is 2. The summed E-state index contributed by atoms with van der Waals surface area (Å²) in [5.74, 6) is 1.10. The number of hydrogen-bond donors (Lipinski definition) is 1. The highest BCUT2D eigenvalue weighted by molar-refractivity contribution is 5.98. The third kappa shape index (κ3) is 5.79. The van der Waals surface area contributed by atoms with E-state index in [0.717, 1.165) is 37.6 Å². The molecule has 9 heteroatoms. The molecule has 2 aliphatic heterocycles. The summed E-state index contributed by atoms with van der Waals surface area (Å²) < 4.78 is 21.9. The summed E-state index contributed by atoms with van der Waals surface area (Å²) in [5.41, 5.74) is 2.50. The molecule has 0 aromatic heterocycles. The van der Waals surface area contributed by atoms with Crippen molar-refractivity contribution < 1.29 is 28.5 Å². The number of amides is 2. The van der Waals surface area contributed by atoms with Gasteiger partial charge in [0.25, 0.3) is 0 Å². The molecular formula is C25H29N3O6. The monoisotopic (exact) mass is 467 g/mol. The Hall–Kier alpha value is -3.72. The van der Waals surface area contributed by atoms with Gasteiger partial charge in [-0.15, -0.1) is 0 Å². The van der Waals surface area contributed by atoms with Gasteiger partial charge in [-0.25, -0.2) is 0 Å². The highest BCUT2D eigenvalue weighted by atomic mass is 16.6. The Morgan fingerprint density at radius 3 is 2.56 bits per heavy atom. The van der Waals surface area contributed by atoms with Crippen LogP contribution in [-0.4, -0.2) is 76.9 Å². The van der Waals surface area contributed by atoms with E-state index in [4.69, 9.17) is 18.9 Å². The maximum absolute atomic E-state index is 12.5. The predicted molar refractivity (Wildman–Crippen MR) is 129 cm³/mol. The minimum Gasteiger partial charge on any atom is -0.493 e. The van der Waals surface area contributed by atoms with Crippen LogP contribution >= 0.6 is 0 Å². The standard InChI is InChI=1S/C25H29N3O6/c1-27(17-23(29)26-19-4-6-20(7-5-19)28-9-11-32-12-10-28)24(30)8-3-18-15-21(31-2)25-22(16-18)33-13-14-34-25/h3-8,15-16H,9-14,17H2,1-2H3,(H,26,29)/b8-3+. The first-order valence-corrected chi connectivity index (χ1v) is 11.2. The van der Waals surface area contributed by atoms with Gasteiger partial charge in [0.15, 0.2) is 11.5 Å². The van der Waals surface area contributed by atoms with E-state index in [1.807, 2.05) is 24.3 Å². The van der Waals surface area contributed by atoms with Crippen LogP contribution < -0.4 is 24.4 Å². The summed E-state index contributed by atoms with van der Waals surface area (Å²) >= 11 is 0. The number of carbonyl (C=O) groups excluding carboxylic acids is 2. The van der Waals surface area contributed by atoms with Crippen molar-refractivity contribution in [3.05, 3.63) is 48.0 Å². The van der Waals surface area contributed by atoms with Crippen molar-refractivity contribution in [3.63, 3.8) is 0 Å². The second kappa shape index (κ2) is 10.9. The number of ether oxygens (including phenoxy) is 4. The normalized spacial score (nSPS) is 15.2. The molecule has 1 fully saturated rings. The quantitative estimate of drug-likeness (QED) is 0.626. The molecule has 0 aliphatic carbocycles. The first kappa shape index (κ1) is 23.4. The van der Waals surface area contributed by atoms with E-state index in [1.54, 1.807) is 32.4 Å². The lowest BCUT2D eigenvalue weighted by Gasteiger charge is -2.28. The van der Waals surface area contributed by atoms with Crippen molar-refractivity contribution in [1.82, 2.24) is 4.90 Å². The summed E-state index contributed by atoms with van der Waals surface area (Å²) in [6.45, 7) is 3.98. The fourth-order valence-corrected chi connectivity index (χ4v) is 3.76.